The standard InChI is InChI=1S/C23H33N5O2/c1-22(2)11-17(12-23(3,4)28-22)30-21(26)9-8-19(25)18-7-6-15(10-20(18)29)16(13-24)14-27-5/h6-10,13-14,17,24-29H,11-12H2,1-5H3/b9-8-,16-14+,24-13?,25-19?,26-21?. The Hall–Kier alpha value is -2.93. The van der Waals surface area contributed by atoms with Crippen LogP contribution in [0.25, 0.3) is 5.57 Å². The molecule has 1 aliphatic rings. The largest absolute Gasteiger partial charge is 0.507 e. The maximum absolute atomic E-state index is 10.3. The molecule has 7 nitrogen and oxygen atoms in total. The minimum atomic E-state index is -0.0757. The first-order chi connectivity index (χ1) is 14.0. The first kappa shape index (κ1) is 23.3. The average Bonchev–Trinajstić information content (AvgIpc) is 2.61. The number of hydrogen-bond donors (Lipinski definition) is 6. The van der Waals surface area contributed by atoms with Crippen LogP contribution >= 0.6 is 0 Å². The highest BCUT2D eigenvalue weighted by Crippen LogP contribution is 2.30. The first-order valence-corrected chi connectivity index (χ1v) is 9.99. The van der Waals surface area contributed by atoms with Gasteiger partial charge in [0.25, 0.3) is 0 Å². The maximum Gasteiger partial charge on any atom is 0.206 e. The van der Waals surface area contributed by atoms with Crippen molar-refractivity contribution in [1.29, 1.82) is 16.2 Å². The van der Waals surface area contributed by atoms with Gasteiger partial charge in [-0.1, -0.05) is 6.07 Å². The van der Waals surface area contributed by atoms with Crippen molar-refractivity contribution < 1.29 is 9.84 Å². The number of hydrogen-bond acceptors (Lipinski definition) is 7. The van der Waals surface area contributed by atoms with Crippen LogP contribution in [0, 0.1) is 16.2 Å². The zero-order valence-corrected chi connectivity index (χ0v) is 18.4. The molecule has 162 valence electrons. The van der Waals surface area contributed by atoms with Crippen molar-refractivity contribution in [3.8, 4) is 5.75 Å². The van der Waals surface area contributed by atoms with E-state index in [9.17, 15) is 5.11 Å². The van der Waals surface area contributed by atoms with Crippen molar-refractivity contribution in [1.82, 2.24) is 10.6 Å². The van der Waals surface area contributed by atoms with Crippen LogP contribution in [0.2, 0.25) is 0 Å². The summed E-state index contributed by atoms with van der Waals surface area (Å²) in [5, 5.41) is 40.6. The Labute approximate surface area is 178 Å². The Kier molecular flexibility index (Phi) is 7.21. The number of nitrogens with one attached hydrogen (secondary N) is 5. The lowest BCUT2D eigenvalue weighted by Crippen LogP contribution is -2.59. The van der Waals surface area contributed by atoms with Crippen molar-refractivity contribution in [2.24, 2.45) is 0 Å². The van der Waals surface area contributed by atoms with Crippen LogP contribution in [0.5, 0.6) is 5.75 Å². The normalized spacial score (nSPS) is 18.8. The van der Waals surface area contributed by atoms with Gasteiger partial charge in [-0.15, -0.1) is 0 Å². The Morgan fingerprint density at radius 1 is 1.17 bits per heavy atom. The molecule has 0 aromatic heterocycles. The summed E-state index contributed by atoms with van der Waals surface area (Å²) in [5.41, 5.74) is 1.56. The van der Waals surface area contributed by atoms with E-state index in [1.807, 2.05) is 0 Å². The molecule has 0 spiro atoms. The minimum absolute atomic E-state index is 0.00240. The van der Waals surface area contributed by atoms with E-state index in [0.29, 0.717) is 16.7 Å². The van der Waals surface area contributed by atoms with E-state index in [1.54, 1.807) is 25.4 Å². The van der Waals surface area contributed by atoms with Crippen molar-refractivity contribution in [2.45, 2.75) is 57.7 Å². The number of benzene rings is 1. The van der Waals surface area contributed by atoms with Gasteiger partial charge in [-0.3, -0.25) is 5.41 Å². The van der Waals surface area contributed by atoms with E-state index < -0.39 is 0 Å². The Morgan fingerprint density at radius 3 is 2.33 bits per heavy atom. The lowest BCUT2D eigenvalue weighted by atomic mass is 9.81. The summed E-state index contributed by atoms with van der Waals surface area (Å²) in [6.45, 7) is 8.51. The van der Waals surface area contributed by atoms with Gasteiger partial charge in [0, 0.05) is 60.6 Å². The van der Waals surface area contributed by atoms with Gasteiger partial charge in [-0.05, 0) is 51.5 Å². The van der Waals surface area contributed by atoms with Crippen molar-refractivity contribution >= 4 is 23.4 Å². The minimum Gasteiger partial charge on any atom is -0.507 e. The molecule has 0 atom stereocenters. The number of piperidine rings is 1. The molecule has 0 amide bonds. The zero-order chi connectivity index (χ0) is 22.5. The summed E-state index contributed by atoms with van der Waals surface area (Å²) >= 11 is 0. The molecule has 7 heteroatoms. The van der Waals surface area contributed by atoms with Crippen LogP contribution in [0.15, 0.2) is 36.6 Å². The summed E-state index contributed by atoms with van der Waals surface area (Å²) in [7, 11) is 1.74. The number of allylic oxidation sites excluding steroid dienone is 2. The molecule has 0 aliphatic carbocycles. The smallest absolute Gasteiger partial charge is 0.206 e. The maximum atomic E-state index is 10.3. The van der Waals surface area contributed by atoms with E-state index in [2.05, 4.69) is 38.3 Å². The zero-order valence-electron chi connectivity index (χ0n) is 18.4. The molecule has 0 bridgehead atoms. The fourth-order valence-electron chi connectivity index (χ4n) is 4.08. The van der Waals surface area contributed by atoms with Gasteiger partial charge >= 0.3 is 0 Å². The van der Waals surface area contributed by atoms with Gasteiger partial charge in [-0.2, -0.15) is 0 Å². The molecule has 1 saturated heterocycles. The molecule has 1 aliphatic heterocycles. The van der Waals surface area contributed by atoms with Gasteiger partial charge in [0.2, 0.25) is 5.90 Å². The van der Waals surface area contributed by atoms with Gasteiger partial charge < -0.3 is 31.3 Å². The highest BCUT2D eigenvalue weighted by atomic mass is 16.5. The molecule has 0 radical (unpaired) electrons. The van der Waals surface area contributed by atoms with E-state index in [-0.39, 0.29) is 34.5 Å². The molecular formula is C23H33N5O2. The third-order valence-electron chi connectivity index (χ3n) is 4.92. The van der Waals surface area contributed by atoms with E-state index in [0.717, 1.165) is 12.8 Å². The lowest BCUT2D eigenvalue weighted by molar-refractivity contribution is 0.0485. The van der Waals surface area contributed by atoms with Crippen molar-refractivity contribution in [3.05, 3.63) is 47.7 Å². The topological polar surface area (TPSA) is 125 Å². The van der Waals surface area contributed by atoms with Crippen LogP contribution in [0.4, 0.5) is 0 Å². The third kappa shape index (κ3) is 6.29. The van der Waals surface area contributed by atoms with E-state index >= 15 is 0 Å². The molecule has 30 heavy (non-hydrogen) atoms. The summed E-state index contributed by atoms with van der Waals surface area (Å²) in [5.74, 6) is -0.0577. The lowest BCUT2D eigenvalue weighted by Gasteiger charge is -2.46. The summed E-state index contributed by atoms with van der Waals surface area (Å²) in [6, 6.07) is 4.90. The molecule has 2 rings (SSSR count). The second-order valence-electron chi connectivity index (χ2n) is 8.92. The molecule has 0 unspecified atom stereocenters. The van der Waals surface area contributed by atoms with Gasteiger partial charge in [0.05, 0.1) is 5.71 Å². The second-order valence-corrected chi connectivity index (χ2v) is 8.92. The Morgan fingerprint density at radius 2 is 1.80 bits per heavy atom. The molecule has 6 N–H and O–H groups in total. The molecule has 1 aromatic rings. The Bertz CT molecular complexity index is 868. The number of phenols is 1. The van der Waals surface area contributed by atoms with Gasteiger partial charge in [0.15, 0.2) is 0 Å². The quantitative estimate of drug-likeness (QED) is 0.301. The number of rotatable bonds is 7. The highest BCUT2D eigenvalue weighted by Gasteiger charge is 2.38. The summed E-state index contributed by atoms with van der Waals surface area (Å²) in [6.07, 6.45) is 7.27. The van der Waals surface area contributed by atoms with E-state index in [4.69, 9.17) is 21.0 Å². The fourth-order valence-corrected chi connectivity index (χ4v) is 4.08. The van der Waals surface area contributed by atoms with Crippen LogP contribution in [0.1, 0.15) is 51.7 Å². The summed E-state index contributed by atoms with van der Waals surface area (Å²) < 4.78 is 5.83. The molecule has 0 saturated carbocycles. The van der Waals surface area contributed by atoms with Gasteiger partial charge in [0.1, 0.15) is 11.9 Å². The third-order valence-corrected chi connectivity index (χ3v) is 4.92. The van der Waals surface area contributed by atoms with E-state index in [1.165, 1.54) is 24.4 Å². The molecule has 1 aromatic carbocycles. The molecular weight excluding hydrogens is 378 g/mol. The average molecular weight is 412 g/mol. The monoisotopic (exact) mass is 411 g/mol. The summed E-state index contributed by atoms with van der Waals surface area (Å²) in [4.78, 5) is 0. The number of ether oxygens (including phenoxy) is 1. The number of aromatic hydroxyl groups is 1. The predicted octanol–water partition coefficient (Wildman–Crippen LogP) is 3.83. The molecule has 1 heterocycles. The first-order valence-electron chi connectivity index (χ1n) is 9.99. The predicted molar refractivity (Wildman–Crippen MR) is 123 cm³/mol. The number of phenolic OH excluding ortho intramolecular Hbond substituents is 1. The fraction of sp³-hybridized carbons (Fsp3) is 0.435. The second kappa shape index (κ2) is 9.26. The van der Waals surface area contributed by atoms with Gasteiger partial charge in [-0.25, -0.2) is 0 Å². The van der Waals surface area contributed by atoms with Crippen LogP contribution in [-0.4, -0.2) is 47.2 Å². The van der Waals surface area contributed by atoms with Crippen LogP contribution < -0.4 is 10.6 Å². The molecule has 1 fully saturated rings. The SMILES string of the molecule is CN/C=C(\C=N)c1ccc(C(=N)/C=C\C(=N)OC2CC(C)(C)NC(C)(C)C2)c(O)c1. The Balaban J connectivity index is 2.06. The van der Waals surface area contributed by atoms with Crippen LogP contribution in [-0.2, 0) is 4.74 Å². The van der Waals surface area contributed by atoms with Crippen molar-refractivity contribution in [2.75, 3.05) is 7.05 Å². The van der Waals surface area contributed by atoms with Crippen molar-refractivity contribution in [3.63, 3.8) is 0 Å². The van der Waals surface area contributed by atoms with Crippen LogP contribution in [0.3, 0.4) is 0 Å². The highest BCUT2D eigenvalue weighted by molar-refractivity contribution is 6.12.